The van der Waals surface area contributed by atoms with Crippen molar-refractivity contribution >= 4 is 17.7 Å². The lowest BCUT2D eigenvalue weighted by Gasteiger charge is -2.05. The summed E-state index contributed by atoms with van der Waals surface area (Å²) >= 11 is 0. The average Bonchev–Trinajstić information content (AvgIpc) is 2.48. The number of nitriles is 1. The fourth-order valence-electron chi connectivity index (χ4n) is 1.84. The fraction of sp³-hybridized carbons (Fsp3) is 0.0588. The van der Waals surface area contributed by atoms with Crippen LogP contribution in [0.15, 0.2) is 48.0 Å². The van der Waals surface area contributed by atoms with E-state index in [9.17, 15) is 13.6 Å². The summed E-state index contributed by atoms with van der Waals surface area (Å²) in [7, 11) is 0. The Labute approximate surface area is 126 Å². The predicted octanol–water partition coefficient (Wildman–Crippen LogP) is 3.82. The second-order valence-corrected chi connectivity index (χ2v) is 4.67. The van der Waals surface area contributed by atoms with Crippen molar-refractivity contribution in [1.82, 2.24) is 0 Å². The molecule has 1 amide bonds. The molecule has 0 saturated heterocycles. The molecule has 0 aliphatic heterocycles. The van der Waals surface area contributed by atoms with Crippen molar-refractivity contribution in [2.75, 3.05) is 5.32 Å². The van der Waals surface area contributed by atoms with Gasteiger partial charge in [-0.15, -0.1) is 0 Å². The Balaban J connectivity index is 2.23. The number of hydrogen-bond donors (Lipinski definition) is 1. The monoisotopic (exact) mass is 298 g/mol. The molecule has 0 aliphatic carbocycles. The summed E-state index contributed by atoms with van der Waals surface area (Å²) in [6.45, 7) is 1.87. The first-order valence-electron chi connectivity index (χ1n) is 6.44. The molecule has 0 aliphatic rings. The molecule has 2 rings (SSSR count). The lowest BCUT2D eigenvalue weighted by Crippen LogP contribution is -2.13. The van der Waals surface area contributed by atoms with Crippen LogP contribution < -0.4 is 5.32 Å². The zero-order valence-corrected chi connectivity index (χ0v) is 11.7. The Morgan fingerprint density at radius 1 is 1.18 bits per heavy atom. The number of rotatable bonds is 3. The Bertz CT molecular complexity index is 791. The summed E-state index contributed by atoms with van der Waals surface area (Å²) in [4.78, 5) is 12.0. The van der Waals surface area contributed by atoms with E-state index in [2.05, 4.69) is 5.32 Å². The van der Waals surface area contributed by atoms with E-state index in [1.807, 2.05) is 13.0 Å². The second-order valence-electron chi connectivity index (χ2n) is 4.67. The smallest absolute Gasteiger partial charge is 0.266 e. The van der Waals surface area contributed by atoms with Crippen molar-refractivity contribution in [3.05, 3.63) is 70.8 Å². The van der Waals surface area contributed by atoms with Crippen LogP contribution in [0.2, 0.25) is 0 Å². The predicted molar refractivity (Wildman–Crippen MR) is 79.8 cm³/mol. The molecule has 2 aromatic carbocycles. The summed E-state index contributed by atoms with van der Waals surface area (Å²) in [5, 5.41) is 11.6. The Hall–Kier alpha value is -3.00. The normalized spacial score (nSPS) is 10.9. The van der Waals surface area contributed by atoms with E-state index in [4.69, 9.17) is 5.26 Å². The van der Waals surface area contributed by atoms with Gasteiger partial charge in [0.25, 0.3) is 5.91 Å². The van der Waals surface area contributed by atoms with E-state index in [0.717, 1.165) is 17.7 Å². The van der Waals surface area contributed by atoms with Gasteiger partial charge in [0, 0.05) is 5.69 Å². The van der Waals surface area contributed by atoms with Crippen molar-refractivity contribution in [3.8, 4) is 6.07 Å². The van der Waals surface area contributed by atoms with Crippen LogP contribution in [0.4, 0.5) is 14.5 Å². The average molecular weight is 298 g/mol. The molecular formula is C17H12F2N2O. The molecule has 22 heavy (non-hydrogen) atoms. The number of benzene rings is 2. The molecule has 0 bridgehead atoms. The van der Waals surface area contributed by atoms with Gasteiger partial charge in [0.2, 0.25) is 0 Å². The van der Waals surface area contributed by atoms with Crippen molar-refractivity contribution in [2.45, 2.75) is 6.92 Å². The highest BCUT2D eigenvalue weighted by atomic mass is 19.2. The zero-order chi connectivity index (χ0) is 16.1. The highest BCUT2D eigenvalue weighted by Crippen LogP contribution is 2.14. The van der Waals surface area contributed by atoms with Gasteiger partial charge in [-0.2, -0.15) is 5.26 Å². The van der Waals surface area contributed by atoms with Gasteiger partial charge < -0.3 is 5.32 Å². The van der Waals surface area contributed by atoms with Crippen molar-refractivity contribution in [2.24, 2.45) is 0 Å². The van der Waals surface area contributed by atoms with Gasteiger partial charge in [0.05, 0.1) is 0 Å². The third-order valence-electron chi connectivity index (χ3n) is 2.90. The van der Waals surface area contributed by atoms with Gasteiger partial charge in [0.15, 0.2) is 11.6 Å². The minimum Gasteiger partial charge on any atom is -0.321 e. The third-order valence-corrected chi connectivity index (χ3v) is 2.90. The number of anilines is 1. The largest absolute Gasteiger partial charge is 0.321 e. The van der Waals surface area contributed by atoms with Crippen molar-refractivity contribution in [1.29, 1.82) is 5.26 Å². The van der Waals surface area contributed by atoms with Gasteiger partial charge in [-0.3, -0.25) is 4.79 Å². The molecule has 110 valence electrons. The number of halogens is 2. The molecule has 0 aromatic heterocycles. The maximum atomic E-state index is 13.1. The number of amides is 1. The maximum Gasteiger partial charge on any atom is 0.266 e. The van der Waals surface area contributed by atoms with E-state index in [1.165, 1.54) is 12.1 Å². The summed E-state index contributed by atoms with van der Waals surface area (Å²) in [6.07, 6.45) is 1.20. The molecule has 0 atom stereocenters. The molecule has 5 heteroatoms. The number of carbonyl (C=O) groups is 1. The zero-order valence-electron chi connectivity index (χ0n) is 11.7. The van der Waals surface area contributed by atoms with Crippen LogP contribution in [0.3, 0.4) is 0 Å². The van der Waals surface area contributed by atoms with Crippen LogP contribution in [0.25, 0.3) is 6.08 Å². The summed E-state index contributed by atoms with van der Waals surface area (Å²) < 4.78 is 26.0. The summed E-state index contributed by atoms with van der Waals surface area (Å²) in [5.74, 6) is -2.64. The van der Waals surface area contributed by atoms with Crippen LogP contribution in [0.5, 0.6) is 0 Å². The molecular weight excluding hydrogens is 286 g/mol. The first kappa shape index (κ1) is 15.4. The molecule has 3 nitrogen and oxygen atoms in total. The molecule has 0 heterocycles. The van der Waals surface area contributed by atoms with Gasteiger partial charge in [-0.05, 0) is 48.4 Å². The van der Waals surface area contributed by atoms with Crippen LogP contribution in [-0.2, 0) is 4.79 Å². The SMILES string of the molecule is Cc1cccc(NC(=O)C(C#N)=Cc2ccc(F)c(F)c2)c1. The van der Waals surface area contributed by atoms with Crippen molar-refractivity contribution in [3.63, 3.8) is 0 Å². The first-order chi connectivity index (χ1) is 10.5. The highest BCUT2D eigenvalue weighted by molar-refractivity contribution is 6.09. The number of nitrogens with one attached hydrogen (secondary N) is 1. The standard InChI is InChI=1S/C17H12F2N2O/c1-11-3-2-4-14(7-11)21-17(22)13(10-20)8-12-5-6-15(18)16(19)9-12/h2-9H,1H3,(H,21,22). The van der Waals surface area contributed by atoms with Crippen LogP contribution >= 0.6 is 0 Å². The number of carbonyl (C=O) groups excluding carboxylic acids is 1. The molecule has 1 N–H and O–H groups in total. The van der Waals surface area contributed by atoms with Crippen LogP contribution in [-0.4, -0.2) is 5.91 Å². The second kappa shape index (κ2) is 6.64. The van der Waals surface area contributed by atoms with Gasteiger partial charge in [-0.25, -0.2) is 8.78 Å². The van der Waals surface area contributed by atoms with Gasteiger partial charge >= 0.3 is 0 Å². The van der Waals surface area contributed by atoms with E-state index in [1.54, 1.807) is 24.3 Å². The maximum absolute atomic E-state index is 13.1. The van der Waals surface area contributed by atoms with Gasteiger partial charge in [0.1, 0.15) is 11.6 Å². The first-order valence-corrected chi connectivity index (χ1v) is 6.44. The minimum atomic E-state index is -1.04. The third kappa shape index (κ3) is 3.76. The van der Waals surface area contributed by atoms with E-state index in [-0.39, 0.29) is 11.1 Å². The lowest BCUT2D eigenvalue weighted by atomic mass is 10.1. The number of nitrogens with zero attached hydrogens (tertiary/aromatic N) is 1. The summed E-state index contributed by atoms with van der Waals surface area (Å²) in [6, 6.07) is 12.0. The minimum absolute atomic E-state index is 0.201. The number of hydrogen-bond acceptors (Lipinski definition) is 2. The summed E-state index contributed by atoms with van der Waals surface area (Å²) in [5.41, 5.74) is 1.54. The number of aryl methyl sites for hydroxylation is 1. The van der Waals surface area contributed by atoms with Crippen molar-refractivity contribution < 1.29 is 13.6 Å². The van der Waals surface area contributed by atoms with E-state index in [0.29, 0.717) is 5.69 Å². The topological polar surface area (TPSA) is 52.9 Å². The molecule has 0 unspecified atom stereocenters. The Morgan fingerprint density at radius 2 is 1.95 bits per heavy atom. The molecule has 0 fully saturated rings. The quantitative estimate of drug-likeness (QED) is 0.692. The molecule has 2 aromatic rings. The van der Waals surface area contributed by atoms with E-state index < -0.39 is 17.5 Å². The highest BCUT2D eigenvalue weighted by Gasteiger charge is 2.10. The molecule has 0 spiro atoms. The molecule has 0 saturated carbocycles. The Morgan fingerprint density at radius 3 is 2.59 bits per heavy atom. The van der Waals surface area contributed by atoms with Crippen LogP contribution in [0, 0.1) is 29.9 Å². The van der Waals surface area contributed by atoms with Crippen LogP contribution in [0.1, 0.15) is 11.1 Å². The van der Waals surface area contributed by atoms with E-state index >= 15 is 0 Å². The lowest BCUT2D eigenvalue weighted by molar-refractivity contribution is -0.112. The molecule has 0 radical (unpaired) electrons. The fourth-order valence-corrected chi connectivity index (χ4v) is 1.84. The van der Waals surface area contributed by atoms with Gasteiger partial charge in [-0.1, -0.05) is 18.2 Å². The Kier molecular flexibility index (Phi) is 4.64.